The number of hydrogen-bond acceptors (Lipinski definition) is 2. The van der Waals surface area contributed by atoms with Gasteiger partial charge in [-0.25, -0.2) is 0 Å². The van der Waals surface area contributed by atoms with Crippen molar-refractivity contribution < 1.29 is 4.79 Å². The van der Waals surface area contributed by atoms with Crippen LogP contribution in [0.5, 0.6) is 0 Å². The van der Waals surface area contributed by atoms with Crippen LogP contribution in [0.25, 0.3) is 0 Å². The molecular weight excluding hydrogens is 236 g/mol. The van der Waals surface area contributed by atoms with Gasteiger partial charge in [-0.15, -0.1) is 0 Å². The lowest BCUT2D eigenvalue weighted by atomic mass is 9.91. The molecular formula is C16H16N2O. The summed E-state index contributed by atoms with van der Waals surface area (Å²) in [4.78, 5) is 14.3. The molecule has 1 amide bonds. The van der Waals surface area contributed by atoms with E-state index >= 15 is 0 Å². The normalized spacial score (nSPS) is 16.9. The van der Waals surface area contributed by atoms with Crippen LogP contribution in [0.1, 0.15) is 17.0 Å². The maximum Gasteiger partial charge on any atom is 0.236 e. The SMILES string of the molecule is CN(C)c1cccc2c1C(c1ccccc1)C(=O)N2. The number of rotatable bonds is 2. The number of fused-ring (bicyclic) bond motifs is 1. The zero-order chi connectivity index (χ0) is 13.4. The van der Waals surface area contributed by atoms with Crippen molar-refractivity contribution in [2.75, 3.05) is 24.3 Å². The molecule has 0 aliphatic carbocycles. The van der Waals surface area contributed by atoms with Crippen LogP contribution in [0.3, 0.4) is 0 Å². The second-order valence-corrected chi connectivity index (χ2v) is 4.97. The van der Waals surface area contributed by atoms with E-state index in [4.69, 9.17) is 0 Å². The van der Waals surface area contributed by atoms with Crippen molar-refractivity contribution in [2.45, 2.75) is 5.92 Å². The van der Waals surface area contributed by atoms with Gasteiger partial charge >= 0.3 is 0 Å². The van der Waals surface area contributed by atoms with E-state index in [1.165, 1.54) is 0 Å². The highest BCUT2D eigenvalue weighted by atomic mass is 16.2. The molecule has 19 heavy (non-hydrogen) atoms. The van der Waals surface area contributed by atoms with Crippen molar-refractivity contribution in [3.8, 4) is 0 Å². The zero-order valence-corrected chi connectivity index (χ0v) is 11.1. The Morgan fingerprint density at radius 1 is 1.00 bits per heavy atom. The first-order valence-electron chi connectivity index (χ1n) is 6.34. The summed E-state index contributed by atoms with van der Waals surface area (Å²) in [6, 6.07) is 15.9. The highest BCUT2D eigenvalue weighted by Gasteiger charge is 2.34. The minimum atomic E-state index is -0.213. The quantitative estimate of drug-likeness (QED) is 0.891. The monoisotopic (exact) mass is 252 g/mol. The second kappa shape index (κ2) is 4.43. The standard InChI is InChI=1S/C16H16N2O/c1-18(2)13-10-6-9-12-15(13)14(16(19)17-12)11-7-4-3-5-8-11/h3-10,14H,1-2H3,(H,17,19). The first-order valence-corrected chi connectivity index (χ1v) is 6.34. The molecule has 0 radical (unpaired) electrons. The number of anilines is 2. The lowest BCUT2D eigenvalue weighted by Gasteiger charge is -2.19. The van der Waals surface area contributed by atoms with Gasteiger partial charge in [0.05, 0.1) is 5.92 Å². The minimum absolute atomic E-state index is 0.0514. The summed E-state index contributed by atoms with van der Waals surface area (Å²) in [5.41, 5.74) is 4.12. The van der Waals surface area contributed by atoms with Gasteiger partial charge in [-0.2, -0.15) is 0 Å². The molecule has 1 aliphatic heterocycles. The van der Waals surface area contributed by atoms with Gasteiger partial charge < -0.3 is 10.2 Å². The average Bonchev–Trinajstić information content (AvgIpc) is 2.75. The van der Waals surface area contributed by atoms with Gasteiger partial charge in [-0.1, -0.05) is 36.4 Å². The maximum absolute atomic E-state index is 12.3. The van der Waals surface area contributed by atoms with Crippen LogP contribution < -0.4 is 10.2 Å². The number of carbonyl (C=O) groups is 1. The van der Waals surface area contributed by atoms with Crippen molar-refractivity contribution in [3.63, 3.8) is 0 Å². The molecule has 2 aromatic carbocycles. The Morgan fingerprint density at radius 3 is 2.42 bits per heavy atom. The molecule has 2 aromatic rings. The first-order chi connectivity index (χ1) is 9.18. The van der Waals surface area contributed by atoms with Crippen molar-refractivity contribution in [2.24, 2.45) is 0 Å². The molecule has 1 N–H and O–H groups in total. The summed E-state index contributed by atoms with van der Waals surface area (Å²) in [5.74, 6) is -0.162. The number of benzene rings is 2. The minimum Gasteiger partial charge on any atom is -0.377 e. The van der Waals surface area contributed by atoms with Crippen LogP contribution in [-0.4, -0.2) is 20.0 Å². The van der Waals surface area contributed by atoms with Crippen molar-refractivity contribution in [3.05, 3.63) is 59.7 Å². The largest absolute Gasteiger partial charge is 0.377 e. The zero-order valence-electron chi connectivity index (χ0n) is 11.1. The van der Waals surface area contributed by atoms with Crippen LogP contribution >= 0.6 is 0 Å². The topological polar surface area (TPSA) is 32.3 Å². The van der Waals surface area contributed by atoms with Crippen LogP contribution in [0.15, 0.2) is 48.5 Å². The molecule has 3 heteroatoms. The van der Waals surface area contributed by atoms with E-state index in [9.17, 15) is 4.79 Å². The lowest BCUT2D eigenvalue weighted by molar-refractivity contribution is -0.116. The van der Waals surface area contributed by atoms with Crippen molar-refractivity contribution >= 4 is 17.3 Å². The lowest BCUT2D eigenvalue weighted by Crippen LogP contribution is -2.16. The summed E-state index contributed by atoms with van der Waals surface area (Å²) in [7, 11) is 4.00. The predicted molar refractivity (Wildman–Crippen MR) is 77.7 cm³/mol. The molecule has 0 fully saturated rings. The number of hydrogen-bond donors (Lipinski definition) is 1. The summed E-state index contributed by atoms with van der Waals surface area (Å²) in [6.07, 6.45) is 0. The highest BCUT2D eigenvalue weighted by molar-refractivity contribution is 6.07. The van der Waals surface area contributed by atoms with Gasteiger partial charge in [0.2, 0.25) is 5.91 Å². The number of nitrogens with zero attached hydrogens (tertiary/aromatic N) is 1. The van der Waals surface area contributed by atoms with Gasteiger partial charge in [0, 0.05) is 31.0 Å². The van der Waals surface area contributed by atoms with E-state index in [0.29, 0.717) is 0 Å². The number of nitrogens with one attached hydrogen (secondary N) is 1. The number of amides is 1. The van der Waals surface area contributed by atoms with Crippen LogP contribution in [0.4, 0.5) is 11.4 Å². The Morgan fingerprint density at radius 2 is 1.74 bits per heavy atom. The fourth-order valence-electron chi connectivity index (χ4n) is 2.65. The molecule has 1 atom stereocenters. The summed E-state index contributed by atoms with van der Waals surface area (Å²) in [6.45, 7) is 0. The molecule has 1 unspecified atom stereocenters. The van der Waals surface area contributed by atoms with Crippen LogP contribution in [0, 0.1) is 0 Å². The Balaban J connectivity index is 2.18. The van der Waals surface area contributed by atoms with E-state index in [1.54, 1.807) is 0 Å². The Hall–Kier alpha value is -2.29. The van der Waals surface area contributed by atoms with Crippen molar-refractivity contribution in [1.29, 1.82) is 0 Å². The molecule has 1 heterocycles. The fourth-order valence-corrected chi connectivity index (χ4v) is 2.65. The van der Waals surface area contributed by atoms with Crippen LogP contribution in [-0.2, 0) is 4.79 Å². The van der Waals surface area contributed by atoms with Crippen LogP contribution in [0.2, 0.25) is 0 Å². The Kier molecular flexibility index (Phi) is 2.75. The van der Waals surface area contributed by atoms with Gasteiger partial charge in [0.25, 0.3) is 0 Å². The molecule has 0 saturated heterocycles. The molecule has 3 nitrogen and oxygen atoms in total. The molecule has 3 rings (SSSR count). The average molecular weight is 252 g/mol. The predicted octanol–water partition coefficient (Wildman–Crippen LogP) is 2.84. The molecule has 0 saturated carbocycles. The van der Waals surface area contributed by atoms with Gasteiger partial charge in [0.1, 0.15) is 0 Å². The molecule has 0 aromatic heterocycles. The molecule has 1 aliphatic rings. The van der Waals surface area contributed by atoms with Gasteiger partial charge in [-0.3, -0.25) is 4.79 Å². The third kappa shape index (κ3) is 1.87. The summed E-state index contributed by atoms with van der Waals surface area (Å²) in [5, 5.41) is 2.98. The molecule has 96 valence electrons. The van der Waals surface area contributed by atoms with E-state index < -0.39 is 0 Å². The number of carbonyl (C=O) groups excluding carboxylic acids is 1. The van der Waals surface area contributed by atoms with Gasteiger partial charge in [0.15, 0.2) is 0 Å². The summed E-state index contributed by atoms with van der Waals surface area (Å²) >= 11 is 0. The third-order valence-corrected chi connectivity index (χ3v) is 3.51. The fraction of sp³-hybridized carbons (Fsp3) is 0.188. The van der Waals surface area contributed by atoms with Gasteiger partial charge in [-0.05, 0) is 17.7 Å². The van der Waals surface area contributed by atoms with E-state index in [0.717, 1.165) is 22.5 Å². The van der Waals surface area contributed by atoms with E-state index in [2.05, 4.69) is 16.3 Å². The molecule has 0 spiro atoms. The molecule has 0 bridgehead atoms. The van der Waals surface area contributed by atoms with Crippen molar-refractivity contribution in [1.82, 2.24) is 0 Å². The first kappa shape index (κ1) is 11.8. The highest BCUT2D eigenvalue weighted by Crippen LogP contribution is 2.42. The maximum atomic E-state index is 12.3. The second-order valence-electron chi connectivity index (χ2n) is 4.97. The Bertz CT molecular complexity index is 620. The smallest absolute Gasteiger partial charge is 0.236 e. The third-order valence-electron chi connectivity index (χ3n) is 3.51. The van der Waals surface area contributed by atoms with E-state index in [1.807, 2.05) is 56.6 Å². The summed E-state index contributed by atoms with van der Waals surface area (Å²) < 4.78 is 0. The Labute approximate surface area is 112 Å². The van der Waals surface area contributed by atoms with E-state index in [-0.39, 0.29) is 11.8 Å².